The molecule has 0 bridgehead atoms. The number of carbonyl (C=O) groups excluding carboxylic acids is 1. The van der Waals surface area contributed by atoms with Crippen molar-refractivity contribution < 1.29 is 14.3 Å². The fourth-order valence-corrected chi connectivity index (χ4v) is 6.98. The van der Waals surface area contributed by atoms with Gasteiger partial charge in [0, 0.05) is 43.3 Å². The maximum absolute atomic E-state index is 13.5. The summed E-state index contributed by atoms with van der Waals surface area (Å²) in [5, 5.41) is 3.56. The summed E-state index contributed by atoms with van der Waals surface area (Å²) in [5.41, 5.74) is 5.56. The minimum Gasteiger partial charge on any atom is -0.497 e. The zero-order chi connectivity index (χ0) is 35.7. The smallest absolute Gasteiger partial charge is 0.254 e. The van der Waals surface area contributed by atoms with Crippen molar-refractivity contribution in [2.45, 2.75) is 64.5 Å². The molecule has 0 saturated carbocycles. The van der Waals surface area contributed by atoms with Crippen LogP contribution in [0.1, 0.15) is 73.9 Å². The molecule has 5 rings (SSSR count). The summed E-state index contributed by atoms with van der Waals surface area (Å²) in [4.78, 5) is 20.4. The highest BCUT2D eigenvalue weighted by atomic mass is 16.5. The van der Waals surface area contributed by atoms with Crippen LogP contribution in [0.5, 0.6) is 11.5 Å². The second-order valence-electron chi connectivity index (χ2n) is 13.9. The molecule has 2 aliphatic rings. The number of hydrogen-bond donors (Lipinski definition) is 1. The zero-order valence-electron chi connectivity index (χ0n) is 31.4. The molecule has 7 nitrogen and oxygen atoms in total. The van der Waals surface area contributed by atoms with E-state index in [-0.39, 0.29) is 5.91 Å². The molecule has 1 N–H and O–H groups in total. The van der Waals surface area contributed by atoms with Crippen molar-refractivity contribution in [2.75, 3.05) is 67.6 Å². The first-order chi connectivity index (χ1) is 24.2. The Morgan fingerprint density at radius 2 is 1.30 bits per heavy atom. The number of hydrogen-bond acceptors (Lipinski definition) is 6. The Kier molecular flexibility index (Phi) is 16.1. The highest BCUT2D eigenvalue weighted by Crippen LogP contribution is 2.25. The van der Waals surface area contributed by atoms with Crippen molar-refractivity contribution in [2.24, 2.45) is 0 Å². The fourth-order valence-electron chi connectivity index (χ4n) is 6.98. The lowest BCUT2D eigenvalue weighted by Crippen LogP contribution is -2.37. The average molecular weight is 681 g/mol. The summed E-state index contributed by atoms with van der Waals surface area (Å²) >= 11 is 0. The van der Waals surface area contributed by atoms with Crippen molar-refractivity contribution in [3.63, 3.8) is 0 Å². The largest absolute Gasteiger partial charge is 0.497 e. The predicted molar refractivity (Wildman–Crippen MR) is 209 cm³/mol. The van der Waals surface area contributed by atoms with Gasteiger partial charge in [0.1, 0.15) is 11.5 Å². The first kappa shape index (κ1) is 38.9. The SMILES string of the molecule is C/C(=C\c1ccccc1)CNCCC1CCCN1C.COc1cc(OC)cc(C(=O)N(CCC2CCCN2C)C/C(C)=C/c2ccccc2)c1. The molecule has 0 radical (unpaired) electrons. The van der Waals surface area contributed by atoms with Gasteiger partial charge in [-0.05, 0) is 109 Å². The Morgan fingerprint density at radius 3 is 1.80 bits per heavy atom. The van der Waals surface area contributed by atoms with Crippen LogP contribution in [0.25, 0.3) is 12.2 Å². The third kappa shape index (κ3) is 12.8. The molecule has 2 aliphatic heterocycles. The number of amides is 1. The molecule has 2 atom stereocenters. The zero-order valence-corrected chi connectivity index (χ0v) is 31.4. The lowest BCUT2D eigenvalue weighted by Gasteiger charge is -2.27. The highest BCUT2D eigenvalue weighted by Gasteiger charge is 2.24. The molecule has 0 spiro atoms. The number of carbonyl (C=O) groups is 1. The van der Waals surface area contributed by atoms with Crippen LogP contribution < -0.4 is 14.8 Å². The van der Waals surface area contributed by atoms with Gasteiger partial charge >= 0.3 is 0 Å². The number of ether oxygens (including phenoxy) is 2. The van der Waals surface area contributed by atoms with Gasteiger partial charge in [0.15, 0.2) is 0 Å². The van der Waals surface area contributed by atoms with Crippen LogP contribution in [0.3, 0.4) is 0 Å². The number of rotatable bonds is 15. The standard InChI is InChI=1S/C26H34N2O3.C17H26N2/c1-20(15-21-9-6-5-7-10-21)19-28(14-12-23-11-8-13-27(23)2)26(29)22-16-24(30-3)18-25(17-22)31-4;1-15(13-16-7-4-3-5-8-16)14-18-11-10-17-9-6-12-19(17)2/h5-7,9-10,15-18,23H,8,11-14,19H2,1-4H3;3-5,7-8,13,17-18H,6,9-12,14H2,1-2H3/b20-15+;15-13+. The third-order valence-electron chi connectivity index (χ3n) is 9.88. The molecule has 2 heterocycles. The Hall–Kier alpha value is -3.91. The van der Waals surface area contributed by atoms with E-state index < -0.39 is 0 Å². The van der Waals surface area contributed by atoms with Gasteiger partial charge in [-0.25, -0.2) is 0 Å². The monoisotopic (exact) mass is 680 g/mol. The van der Waals surface area contributed by atoms with Crippen LogP contribution in [0.15, 0.2) is 90.0 Å². The molecule has 0 aliphatic carbocycles. The van der Waals surface area contributed by atoms with E-state index in [9.17, 15) is 4.79 Å². The Balaban J connectivity index is 0.000000252. The van der Waals surface area contributed by atoms with Gasteiger partial charge < -0.3 is 29.5 Å². The molecule has 2 saturated heterocycles. The van der Waals surface area contributed by atoms with E-state index in [1.165, 1.54) is 49.8 Å². The average Bonchev–Trinajstić information content (AvgIpc) is 3.75. The molecule has 1 amide bonds. The molecule has 3 aromatic rings. The van der Waals surface area contributed by atoms with Crippen LogP contribution in [0, 0.1) is 0 Å². The normalized spacial score (nSPS) is 18.4. The van der Waals surface area contributed by atoms with E-state index in [2.05, 4.69) is 97.7 Å². The van der Waals surface area contributed by atoms with Gasteiger partial charge in [0.25, 0.3) is 5.91 Å². The highest BCUT2D eigenvalue weighted by molar-refractivity contribution is 5.95. The topological polar surface area (TPSA) is 57.3 Å². The van der Waals surface area contributed by atoms with Crippen LogP contribution in [-0.2, 0) is 0 Å². The first-order valence-electron chi connectivity index (χ1n) is 18.3. The lowest BCUT2D eigenvalue weighted by molar-refractivity contribution is 0.0757. The number of nitrogens with zero attached hydrogens (tertiary/aromatic N) is 3. The van der Waals surface area contributed by atoms with E-state index in [1.54, 1.807) is 32.4 Å². The predicted octanol–water partition coefficient (Wildman–Crippen LogP) is 7.90. The molecule has 3 aromatic carbocycles. The van der Waals surface area contributed by atoms with Crippen LogP contribution >= 0.6 is 0 Å². The van der Waals surface area contributed by atoms with Crippen molar-refractivity contribution in [3.05, 3.63) is 107 Å². The molecular weight excluding hydrogens is 620 g/mol. The number of benzene rings is 3. The third-order valence-corrected chi connectivity index (χ3v) is 9.88. The molecule has 50 heavy (non-hydrogen) atoms. The van der Waals surface area contributed by atoms with Gasteiger partial charge in [-0.3, -0.25) is 4.79 Å². The van der Waals surface area contributed by atoms with Gasteiger partial charge in [0.05, 0.1) is 14.2 Å². The summed E-state index contributed by atoms with van der Waals surface area (Å²) in [6.45, 7) is 10.1. The Morgan fingerprint density at radius 1 is 0.780 bits per heavy atom. The van der Waals surface area contributed by atoms with E-state index >= 15 is 0 Å². The minimum atomic E-state index is -0.00124. The van der Waals surface area contributed by atoms with Crippen LogP contribution in [0.4, 0.5) is 0 Å². The molecule has 7 heteroatoms. The summed E-state index contributed by atoms with van der Waals surface area (Å²) in [7, 11) is 7.63. The Labute approximate surface area is 302 Å². The molecule has 2 fully saturated rings. The summed E-state index contributed by atoms with van der Waals surface area (Å²) in [6, 6.07) is 27.5. The van der Waals surface area contributed by atoms with Gasteiger partial charge in [-0.2, -0.15) is 0 Å². The number of nitrogens with one attached hydrogen (secondary N) is 1. The Bertz CT molecular complexity index is 1480. The maximum atomic E-state index is 13.5. The quantitative estimate of drug-likeness (QED) is 0.165. The maximum Gasteiger partial charge on any atom is 0.254 e. The fraction of sp³-hybridized carbons (Fsp3) is 0.465. The van der Waals surface area contributed by atoms with Gasteiger partial charge in [-0.15, -0.1) is 0 Å². The number of likely N-dealkylation sites (tertiary alicyclic amines) is 2. The van der Waals surface area contributed by atoms with E-state index in [0.29, 0.717) is 36.2 Å². The van der Waals surface area contributed by atoms with Crippen molar-refractivity contribution >= 4 is 18.1 Å². The summed E-state index contributed by atoms with van der Waals surface area (Å²) in [5.74, 6) is 1.24. The number of methoxy groups -OCH3 is 2. The van der Waals surface area contributed by atoms with Gasteiger partial charge in [0.2, 0.25) is 0 Å². The van der Waals surface area contributed by atoms with Crippen LogP contribution in [-0.4, -0.2) is 100 Å². The molecule has 0 aromatic heterocycles. The van der Waals surface area contributed by atoms with E-state index in [4.69, 9.17) is 9.47 Å². The summed E-state index contributed by atoms with van der Waals surface area (Å²) in [6.07, 6.45) is 11.8. The lowest BCUT2D eigenvalue weighted by atomic mass is 10.1. The van der Waals surface area contributed by atoms with Crippen molar-refractivity contribution in [1.29, 1.82) is 0 Å². The molecule has 270 valence electrons. The van der Waals surface area contributed by atoms with E-state index in [1.807, 2.05) is 23.1 Å². The van der Waals surface area contributed by atoms with Gasteiger partial charge in [-0.1, -0.05) is 84.0 Å². The first-order valence-corrected chi connectivity index (χ1v) is 18.3. The molecular formula is C43H60N4O3. The van der Waals surface area contributed by atoms with Crippen molar-refractivity contribution in [1.82, 2.24) is 20.0 Å². The minimum absolute atomic E-state index is 0.00124. The second kappa shape index (κ2) is 20.7. The second-order valence-corrected chi connectivity index (χ2v) is 13.9. The summed E-state index contributed by atoms with van der Waals surface area (Å²) < 4.78 is 10.7. The van der Waals surface area contributed by atoms with Crippen LogP contribution in [0.2, 0.25) is 0 Å². The van der Waals surface area contributed by atoms with E-state index in [0.717, 1.165) is 43.2 Å². The van der Waals surface area contributed by atoms with Crippen molar-refractivity contribution in [3.8, 4) is 11.5 Å². The molecule has 2 unspecified atom stereocenters.